The number of pyridine rings is 1. The zero-order valence-corrected chi connectivity index (χ0v) is 17.9. The molecule has 4 rings (SSSR count). The topological polar surface area (TPSA) is 72.9 Å². The first kappa shape index (κ1) is 21.1. The van der Waals surface area contributed by atoms with E-state index in [1.807, 2.05) is 28.9 Å². The highest BCUT2D eigenvalue weighted by atomic mass is 19.1. The number of anilines is 1. The third-order valence-corrected chi connectivity index (χ3v) is 5.77. The van der Waals surface area contributed by atoms with Gasteiger partial charge in [-0.2, -0.15) is 0 Å². The smallest absolute Gasteiger partial charge is 0.244 e. The summed E-state index contributed by atoms with van der Waals surface area (Å²) in [5.41, 5.74) is 2.53. The highest BCUT2D eigenvalue weighted by molar-refractivity contribution is 5.85. The Bertz CT molecular complexity index is 949. The van der Waals surface area contributed by atoms with E-state index in [1.54, 1.807) is 12.3 Å². The molecule has 8 heteroatoms. The van der Waals surface area contributed by atoms with Crippen molar-refractivity contribution in [1.29, 1.82) is 0 Å². The summed E-state index contributed by atoms with van der Waals surface area (Å²) in [6.07, 6.45) is 3.33. The summed E-state index contributed by atoms with van der Waals surface area (Å²) in [7, 11) is 0. The van der Waals surface area contributed by atoms with E-state index >= 15 is 0 Å². The Morgan fingerprint density at radius 1 is 1.23 bits per heavy atom. The van der Waals surface area contributed by atoms with Gasteiger partial charge in [0.2, 0.25) is 5.91 Å². The van der Waals surface area contributed by atoms with Gasteiger partial charge in [0, 0.05) is 45.0 Å². The molecule has 1 amide bonds. The maximum absolute atomic E-state index is 14.0. The number of rotatable bonds is 5. The number of carbonyl (C=O) groups is 1. The molecular formula is C23H29FN6O. The molecule has 0 radical (unpaired) electrons. The van der Waals surface area contributed by atoms with Crippen molar-refractivity contribution in [3.05, 3.63) is 59.5 Å². The number of hydrogen-bond acceptors (Lipinski definition) is 4. The van der Waals surface area contributed by atoms with Crippen LogP contribution in [0.5, 0.6) is 0 Å². The van der Waals surface area contributed by atoms with Crippen LogP contribution < -0.4 is 15.5 Å². The predicted octanol–water partition coefficient (Wildman–Crippen LogP) is 1.94. The van der Waals surface area contributed by atoms with Gasteiger partial charge in [-0.3, -0.25) is 4.79 Å². The Labute approximate surface area is 182 Å². The number of nitrogens with one attached hydrogen (secondary N) is 2. The highest BCUT2D eigenvalue weighted by Gasteiger charge is 2.26. The maximum atomic E-state index is 14.0. The summed E-state index contributed by atoms with van der Waals surface area (Å²) in [6, 6.07) is 11.4. The van der Waals surface area contributed by atoms with Gasteiger partial charge in [0.05, 0.1) is 0 Å². The minimum atomic E-state index is -0.308. The molecule has 0 bridgehead atoms. The molecule has 2 aliphatic rings. The van der Waals surface area contributed by atoms with Crippen LogP contribution in [0.3, 0.4) is 0 Å². The number of aromatic nitrogens is 1. The second-order valence-corrected chi connectivity index (χ2v) is 7.91. The first-order valence-electron chi connectivity index (χ1n) is 10.9. The van der Waals surface area contributed by atoms with E-state index in [2.05, 4.69) is 32.7 Å². The van der Waals surface area contributed by atoms with Crippen molar-refractivity contribution in [3.8, 4) is 0 Å². The number of carbonyl (C=O) groups excluding carboxylic acids is 1. The minimum absolute atomic E-state index is 0.0234. The molecule has 1 atom stereocenters. The fourth-order valence-electron chi connectivity index (χ4n) is 4.15. The van der Waals surface area contributed by atoms with Gasteiger partial charge in [-0.1, -0.05) is 24.3 Å². The van der Waals surface area contributed by atoms with Crippen LogP contribution in [0.2, 0.25) is 0 Å². The monoisotopic (exact) mass is 424 g/mol. The van der Waals surface area contributed by atoms with E-state index in [0.29, 0.717) is 31.4 Å². The van der Waals surface area contributed by atoms with Crippen molar-refractivity contribution in [3.63, 3.8) is 0 Å². The summed E-state index contributed by atoms with van der Waals surface area (Å²) in [4.78, 5) is 25.2. The molecular weight excluding hydrogens is 395 g/mol. The fourth-order valence-corrected chi connectivity index (χ4v) is 4.15. The number of hydrogen-bond donors (Lipinski definition) is 2. The van der Waals surface area contributed by atoms with Crippen LogP contribution in [-0.4, -0.2) is 60.5 Å². The molecule has 0 saturated carbocycles. The lowest BCUT2D eigenvalue weighted by atomic mass is 10.00. The molecule has 2 N–H and O–H groups in total. The highest BCUT2D eigenvalue weighted by Crippen LogP contribution is 2.21. The molecule has 1 fully saturated rings. The van der Waals surface area contributed by atoms with Gasteiger partial charge < -0.3 is 20.4 Å². The zero-order chi connectivity index (χ0) is 21.6. The number of halogens is 1. The number of aliphatic imine (C=N–C) groups is 1. The molecule has 0 spiro atoms. The summed E-state index contributed by atoms with van der Waals surface area (Å²) < 4.78 is 14.0. The van der Waals surface area contributed by atoms with Crippen LogP contribution in [0.25, 0.3) is 0 Å². The van der Waals surface area contributed by atoms with Crippen molar-refractivity contribution in [1.82, 2.24) is 20.5 Å². The lowest BCUT2D eigenvalue weighted by molar-refractivity contribution is -0.130. The summed E-state index contributed by atoms with van der Waals surface area (Å²) in [6.45, 7) is 5.51. The third-order valence-electron chi connectivity index (χ3n) is 5.77. The lowest BCUT2D eigenvalue weighted by Crippen LogP contribution is -2.45. The average Bonchev–Trinajstić information content (AvgIpc) is 3.25. The number of benzene rings is 1. The lowest BCUT2D eigenvalue weighted by Gasteiger charge is -2.28. The number of nitrogens with zero attached hydrogens (tertiary/aromatic N) is 4. The molecule has 7 nitrogen and oxygen atoms in total. The molecule has 3 heterocycles. The van der Waals surface area contributed by atoms with Gasteiger partial charge in [0.15, 0.2) is 17.6 Å². The fraction of sp³-hybridized carbons (Fsp3) is 0.435. The molecule has 0 aliphatic carbocycles. The standard InChI is InChI=1S/C23H29FN6O/c1-2-25-23(28-19-10-13-30(16-19)22-20(24)8-5-11-26-22)27-14-21(31)29-12-9-17-6-3-4-7-18(17)15-29/h3-8,11,19H,2,9-10,12-16H2,1H3,(H2,25,27,28). The van der Waals surface area contributed by atoms with Gasteiger partial charge in [-0.15, -0.1) is 0 Å². The average molecular weight is 425 g/mol. The van der Waals surface area contributed by atoms with E-state index in [1.165, 1.54) is 17.2 Å². The SMILES string of the molecule is CCNC(=NCC(=O)N1CCc2ccccc2C1)NC1CCN(c2ncccc2F)C1. The van der Waals surface area contributed by atoms with Crippen molar-refractivity contribution >= 4 is 17.7 Å². The summed E-state index contributed by atoms with van der Waals surface area (Å²) in [5, 5.41) is 6.60. The predicted molar refractivity (Wildman–Crippen MR) is 119 cm³/mol. The van der Waals surface area contributed by atoms with Crippen LogP contribution in [0.4, 0.5) is 10.2 Å². The Kier molecular flexibility index (Phi) is 6.64. The Hall–Kier alpha value is -3.16. The normalized spacial score (nSPS) is 18.6. The molecule has 1 aromatic carbocycles. The van der Waals surface area contributed by atoms with E-state index in [4.69, 9.17) is 0 Å². The van der Waals surface area contributed by atoms with E-state index in [0.717, 1.165) is 25.9 Å². The molecule has 1 aromatic heterocycles. The van der Waals surface area contributed by atoms with E-state index < -0.39 is 0 Å². The second kappa shape index (κ2) is 9.76. The first-order valence-corrected chi connectivity index (χ1v) is 10.9. The maximum Gasteiger partial charge on any atom is 0.244 e. The Morgan fingerprint density at radius 3 is 2.87 bits per heavy atom. The zero-order valence-electron chi connectivity index (χ0n) is 17.9. The molecule has 1 unspecified atom stereocenters. The second-order valence-electron chi connectivity index (χ2n) is 7.91. The minimum Gasteiger partial charge on any atom is -0.357 e. The van der Waals surface area contributed by atoms with Gasteiger partial charge in [-0.25, -0.2) is 14.4 Å². The van der Waals surface area contributed by atoms with Gasteiger partial charge in [-0.05, 0) is 43.0 Å². The van der Waals surface area contributed by atoms with Gasteiger partial charge >= 0.3 is 0 Å². The van der Waals surface area contributed by atoms with E-state index in [9.17, 15) is 9.18 Å². The first-order chi connectivity index (χ1) is 15.1. The summed E-state index contributed by atoms with van der Waals surface area (Å²) in [5.74, 6) is 0.712. The van der Waals surface area contributed by atoms with Crippen molar-refractivity contribution < 1.29 is 9.18 Å². The van der Waals surface area contributed by atoms with Crippen molar-refractivity contribution in [2.75, 3.05) is 37.6 Å². The number of guanidine groups is 1. The van der Waals surface area contributed by atoms with Gasteiger partial charge in [0.25, 0.3) is 0 Å². The van der Waals surface area contributed by atoms with Crippen LogP contribution in [-0.2, 0) is 17.8 Å². The van der Waals surface area contributed by atoms with Crippen LogP contribution in [0.15, 0.2) is 47.6 Å². The Balaban J connectivity index is 1.33. The molecule has 1 saturated heterocycles. The van der Waals surface area contributed by atoms with Gasteiger partial charge in [0.1, 0.15) is 6.54 Å². The van der Waals surface area contributed by atoms with Crippen LogP contribution >= 0.6 is 0 Å². The molecule has 2 aliphatic heterocycles. The molecule has 164 valence electrons. The quantitative estimate of drug-likeness (QED) is 0.567. The van der Waals surface area contributed by atoms with Crippen molar-refractivity contribution in [2.45, 2.75) is 32.4 Å². The van der Waals surface area contributed by atoms with Crippen LogP contribution in [0.1, 0.15) is 24.5 Å². The molecule has 31 heavy (non-hydrogen) atoms. The van der Waals surface area contributed by atoms with Crippen LogP contribution in [0, 0.1) is 5.82 Å². The van der Waals surface area contributed by atoms with E-state index in [-0.39, 0.29) is 24.3 Å². The number of amides is 1. The van der Waals surface area contributed by atoms with Crippen molar-refractivity contribution in [2.24, 2.45) is 4.99 Å². The molecule has 2 aromatic rings. The Morgan fingerprint density at radius 2 is 2.06 bits per heavy atom. The largest absolute Gasteiger partial charge is 0.357 e. The number of fused-ring (bicyclic) bond motifs is 1. The summed E-state index contributed by atoms with van der Waals surface area (Å²) >= 11 is 0. The third kappa shape index (κ3) is 5.13.